The van der Waals surface area contributed by atoms with Crippen molar-refractivity contribution in [2.24, 2.45) is 0 Å². The number of carbonyl (C=O) groups excluding carboxylic acids is 1. The molecule has 0 N–H and O–H groups in total. The Labute approximate surface area is 149 Å². The van der Waals surface area contributed by atoms with Gasteiger partial charge in [0, 0.05) is 12.1 Å². The van der Waals surface area contributed by atoms with Gasteiger partial charge in [0.25, 0.3) is 5.91 Å². The zero-order chi connectivity index (χ0) is 15.3. The van der Waals surface area contributed by atoms with E-state index >= 15 is 0 Å². The zero-order valence-electron chi connectivity index (χ0n) is 12.4. The first-order chi connectivity index (χ1) is 10.3. The topological polar surface area (TPSA) is 20.3 Å². The van der Waals surface area contributed by atoms with Crippen LogP contribution >= 0.6 is 19.5 Å². The van der Waals surface area contributed by atoms with Crippen molar-refractivity contribution in [2.45, 2.75) is 51.0 Å². The molecule has 0 aromatic heterocycles. The predicted octanol–water partition coefficient (Wildman–Crippen LogP) is 4.80. The number of hydrogen-bond donors (Lipinski definition) is 0. The second-order valence-electron chi connectivity index (χ2n) is 5.73. The number of halogens is 1. The molecule has 3 rings (SSSR count). The summed E-state index contributed by atoms with van der Waals surface area (Å²) >= 11 is 4.72. The van der Waals surface area contributed by atoms with E-state index in [0.29, 0.717) is 0 Å². The Bertz CT molecular complexity index is 485. The van der Waals surface area contributed by atoms with Gasteiger partial charge in [-0.1, -0.05) is 56.3 Å². The quantitative estimate of drug-likeness (QED) is 0.339. The fraction of sp³-hybridized carbons (Fsp3) is 0.529. The van der Waals surface area contributed by atoms with Crippen LogP contribution in [-0.4, -0.2) is 17.4 Å². The summed E-state index contributed by atoms with van der Waals surface area (Å²) in [7, 11) is 0. The summed E-state index contributed by atoms with van der Waals surface area (Å²) in [5.74, 6) is 0.238. The molecule has 2 aliphatic rings. The van der Waals surface area contributed by atoms with Crippen LogP contribution in [0.3, 0.4) is 0 Å². The summed E-state index contributed by atoms with van der Waals surface area (Å²) < 4.78 is 0. The van der Waals surface area contributed by atoms with Crippen LogP contribution in [-0.2, 0) is 21.1 Å². The van der Waals surface area contributed by atoms with Gasteiger partial charge in [0.15, 0.2) is 0 Å². The van der Waals surface area contributed by atoms with Gasteiger partial charge >= 0.3 is 35.1 Å². The summed E-state index contributed by atoms with van der Waals surface area (Å²) in [5, 5.41) is 0. The molecule has 1 spiro atoms. The van der Waals surface area contributed by atoms with Gasteiger partial charge < -0.3 is 4.90 Å². The summed E-state index contributed by atoms with van der Waals surface area (Å²) in [5.41, 5.74) is 2.08. The molecule has 1 saturated carbocycles. The standard InChI is InChI=1S/C17H22NO.HI.Pd/c1-2-3-13-18-16(19)14-9-5-6-10-15(14)17(18)11-7-4-8-12-17;;/h5-6,9-11H,2-4,7-8,12-13H2,1H3;1H;/q-1;;+2/p-1. The molecular formula is C17H22INOPd. The van der Waals surface area contributed by atoms with Crippen molar-refractivity contribution in [3.8, 4) is 0 Å². The van der Waals surface area contributed by atoms with Gasteiger partial charge in [0.2, 0.25) is 0 Å². The molecule has 118 valence electrons. The van der Waals surface area contributed by atoms with Gasteiger partial charge in [-0.2, -0.15) is 6.42 Å². The van der Waals surface area contributed by atoms with Crippen molar-refractivity contribution >= 4 is 25.4 Å². The zero-order valence-corrected chi connectivity index (χ0v) is 16.1. The molecule has 21 heavy (non-hydrogen) atoms. The predicted molar refractivity (Wildman–Crippen MR) is 90.9 cm³/mol. The Morgan fingerprint density at radius 2 is 2.10 bits per heavy atom. The van der Waals surface area contributed by atoms with E-state index in [4.69, 9.17) is 0 Å². The van der Waals surface area contributed by atoms with Crippen molar-refractivity contribution in [1.29, 1.82) is 0 Å². The van der Waals surface area contributed by atoms with Gasteiger partial charge in [0.05, 0.1) is 0 Å². The molecule has 1 amide bonds. The van der Waals surface area contributed by atoms with Crippen LogP contribution in [0.1, 0.15) is 61.4 Å². The van der Waals surface area contributed by atoms with Crippen molar-refractivity contribution < 1.29 is 20.4 Å². The second-order valence-corrected chi connectivity index (χ2v) is 5.73. The van der Waals surface area contributed by atoms with E-state index in [-0.39, 0.29) is 11.4 Å². The van der Waals surface area contributed by atoms with Crippen LogP contribution in [0.15, 0.2) is 24.3 Å². The Morgan fingerprint density at radius 3 is 2.76 bits per heavy atom. The van der Waals surface area contributed by atoms with E-state index in [1.165, 1.54) is 18.4 Å². The minimum atomic E-state index is -0.0961. The Hall–Kier alpha value is 0.0823. The number of nitrogens with zero attached hydrogens (tertiary/aromatic N) is 1. The van der Waals surface area contributed by atoms with Crippen LogP contribution < -0.4 is 0 Å². The van der Waals surface area contributed by atoms with E-state index in [1.54, 1.807) is 0 Å². The third-order valence-corrected chi connectivity index (χ3v) is 4.58. The first-order valence-corrected chi connectivity index (χ1v) is 12.3. The molecule has 0 bridgehead atoms. The molecule has 1 aromatic carbocycles. The average molecular weight is 490 g/mol. The number of benzene rings is 1. The van der Waals surface area contributed by atoms with Crippen LogP contribution in [0, 0.1) is 6.42 Å². The third kappa shape index (κ3) is 3.23. The molecule has 1 aliphatic carbocycles. The molecule has 4 heteroatoms. The summed E-state index contributed by atoms with van der Waals surface area (Å²) in [6, 6.07) is 8.20. The van der Waals surface area contributed by atoms with Crippen LogP contribution in [0.2, 0.25) is 0 Å². The molecule has 1 fully saturated rings. The number of unbranched alkanes of at least 4 members (excludes halogenated alkanes) is 1. The maximum atomic E-state index is 12.7. The van der Waals surface area contributed by atoms with Crippen LogP contribution in [0.4, 0.5) is 0 Å². The van der Waals surface area contributed by atoms with E-state index in [1.807, 2.05) is 31.6 Å². The van der Waals surface area contributed by atoms with E-state index in [0.717, 1.165) is 37.8 Å². The van der Waals surface area contributed by atoms with Gasteiger partial charge in [-0.05, 0) is 18.1 Å². The molecular weight excluding hydrogens is 468 g/mol. The van der Waals surface area contributed by atoms with Gasteiger partial charge in [0.1, 0.15) is 0 Å². The average Bonchev–Trinajstić information content (AvgIpc) is 2.78. The number of rotatable bonds is 3. The summed E-state index contributed by atoms with van der Waals surface area (Å²) in [6.45, 7) is 3.07. The molecule has 1 aliphatic heterocycles. The number of fused-ring (bicyclic) bond motifs is 2. The van der Waals surface area contributed by atoms with Crippen molar-refractivity contribution in [3.63, 3.8) is 0 Å². The maximum absolute atomic E-state index is 12.7. The Kier molecular flexibility index (Phi) is 6.71. The second kappa shape index (κ2) is 8.08. The van der Waals surface area contributed by atoms with E-state index in [9.17, 15) is 4.79 Å². The minimum absolute atomic E-state index is 0.0961. The Morgan fingerprint density at radius 1 is 1.33 bits per heavy atom. The monoisotopic (exact) mass is 489 g/mol. The van der Waals surface area contributed by atoms with Gasteiger partial charge in [-0.25, -0.2) is 0 Å². The van der Waals surface area contributed by atoms with Crippen LogP contribution in [0.25, 0.3) is 0 Å². The van der Waals surface area contributed by atoms with E-state index < -0.39 is 0 Å². The van der Waals surface area contributed by atoms with Crippen molar-refractivity contribution in [3.05, 3.63) is 41.8 Å². The molecule has 1 aromatic rings. The van der Waals surface area contributed by atoms with Crippen LogP contribution in [0.5, 0.6) is 0 Å². The third-order valence-electron chi connectivity index (χ3n) is 4.58. The molecule has 2 nitrogen and oxygen atoms in total. The van der Waals surface area contributed by atoms with Gasteiger partial charge in [-0.3, -0.25) is 11.2 Å². The Balaban J connectivity index is 0.000000774. The fourth-order valence-corrected chi connectivity index (χ4v) is 3.61. The van der Waals surface area contributed by atoms with Crippen molar-refractivity contribution in [1.82, 2.24) is 4.90 Å². The number of carbonyl (C=O) groups is 1. The van der Waals surface area contributed by atoms with Crippen molar-refractivity contribution in [2.75, 3.05) is 6.54 Å². The number of hydrogen-bond acceptors (Lipinski definition) is 1. The molecule has 0 saturated heterocycles. The van der Waals surface area contributed by atoms with Gasteiger partial charge in [-0.15, -0.1) is 0 Å². The van der Waals surface area contributed by atoms with E-state index in [2.05, 4.69) is 46.0 Å². The summed E-state index contributed by atoms with van der Waals surface area (Å²) in [4.78, 5) is 14.8. The number of amides is 1. The normalized spacial score (nSPS) is 23.8. The first-order valence-electron chi connectivity index (χ1n) is 7.67. The molecule has 0 radical (unpaired) electrons. The fourth-order valence-electron chi connectivity index (χ4n) is 3.61. The SMILES string of the molecule is CCCCN1C(=O)c2ccccc2C12[CH-]CCCC2.[Pd+][I]. The summed E-state index contributed by atoms with van der Waals surface area (Å²) in [6.07, 6.45) is 9.34. The first kappa shape index (κ1) is 17.4. The molecule has 1 unspecified atom stereocenters. The molecule has 1 atom stereocenters. The molecule has 1 heterocycles.